The Labute approximate surface area is 108 Å². The molecule has 0 amide bonds. The summed E-state index contributed by atoms with van der Waals surface area (Å²) in [5.41, 5.74) is 0.0820. The quantitative estimate of drug-likeness (QED) is 0.687. The number of phenols is 1. The number of thioether (sulfide) groups is 1. The largest absolute Gasteiger partial charge is 0.508 e. The van der Waals surface area contributed by atoms with Crippen molar-refractivity contribution in [2.24, 2.45) is 0 Å². The Bertz CT molecular complexity index is 446. The minimum atomic E-state index is -1.42. The number of aromatic hydroxyl groups is 1. The Balaban J connectivity index is 2.92. The summed E-state index contributed by atoms with van der Waals surface area (Å²) in [5.74, 6) is -0.276. The molecule has 1 aromatic carbocycles. The SMILES string of the molecule is CC(=O)SCC(O)C(O)c1c(O)cccc1C=O. The first kappa shape index (κ1) is 14.7. The van der Waals surface area contributed by atoms with Gasteiger partial charge in [0.2, 0.25) is 0 Å². The average molecular weight is 270 g/mol. The summed E-state index contributed by atoms with van der Waals surface area (Å²) in [6, 6.07) is 4.21. The first-order chi connectivity index (χ1) is 8.47. The van der Waals surface area contributed by atoms with Gasteiger partial charge in [-0.1, -0.05) is 23.9 Å². The fourth-order valence-electron chi connectivity index (χ4n) is 1.48. The summed E-state index contributed by atoms with van der Waals surface area (Å²) in [6.07, 6.45) is -2.17. The van der Waals surface area contributed by atoms with Gasteiger partial charge in [0.05, 0.1) is 6.10 Å². The number of rotatable bonds is 5. The van der Waals surface area contributed by atoms with Gasteiger partial charge in [-0.3, -0.25) is 9.59 Å². The van der Waals surface area contributed by atoms with Crippen molar-refractivity contribution in [1.29, 1.82) is 0 Å². The molecular weight excluding hydrogens is 256 g/mol. The van der Waals surface area contributed by atoms with Crippen LogP contribution in [0.4, 0.5) is 0 Å². The van der Waals surface area contributed by atoms with Crippen LogP contribution in [0.5, 0.6) is 5.75 Å². The molecule has 0 aromatic heterocycles. The molecule has 18 heavy (non-hydrogen) atoms. The van der Waals surface area contributed by atoms with E-state index in [0.29, 0.717) is 6.29 Å². The third kappa shape index (κ3) is 3.56. The lowest BCUT2D eigenvalue weighted by Gasteiger charge is -2.19. The van der Waals surface area contributed by atoms with Crippen LogP contribution in [0, 0.1) is 0 Å². The van der Waals surface area contributed by atoms with Crippen LogP contribution in [0.2, 0.25) is 0 Å². The minimum Gasteiger partial charge on any atom is -0.508 e. The maximum atomic E-state index is 10.8. The van der Waals surface area contributed by atoms with Crippen LogP contribution in [-0.2, 0) is 4.79 Å². The summed E-state index contributed by atoms with van der Waals surface area (Å²) in [5, 5.41) is 29.0. The third-order valence-electron chi connectivity index (χ3n) is 2.36. The van der Waals surface area contributed by atoms with Crippen LogP contribution >= 0.6 is 11.8 Å². The number of carbonyl (C=O) groups excluding carboxylic acids is 2. The second-order valence-electron chi connectivity index (χ2n) is 3.71. The zero-order valence-electron chi connectivity index (χ0n) is 9.74. The molecule has 98 valence electrons. The molecule has 6 heteroatoms. The first-order valence-electron chi connectivity index (χ1n) is 5.24. The normalized spacial score (nSPS) is 13.9. The molecule has 0 aliphatic carbocycles. The zero-order chi connectivity index (χ0) is 13.7. The Hall–Kier alpha value is -1.37. The van der Waals surface area contributed by atoms with Crippen molar-refractivity contribution < 1.29 is 24.9 Å². The van der Waals surface area contributed by atoms with Crippen molar-refractivity contribution >= 4 is 23.2 Å². The van der Waals surface area contributed by atoms with Gasteiger partial charge in [-0.25, -0.2) is 0 Å². The Morgan fingerprint density at radius 2 is 2.11 bits per heavy atom. The van der Waals surface area contributed by atoms with Gasteiger partial charge in [-0.2, -0.15) is 0 Å². The van der Waals surface area contributed by atoms with Crippen molar-refractivity contribution in [2.75, 3.05) is 5.75 Å². The highest BCUT2D eigenvalue weighted by Crippen LogP contribution is 2.30. The zero-order valence-corrected chi connectivity index (χ0v) is 10.6. The van der Waals surface area contributed by atoms with Gasteiger partial charge >= 0.3 is 0 Å². The third-order valence-corrected chi connectivity index (χ3v) is 3.28. The molecule has 5 nitrogen and oxygen atoms in total. The van der Waals surface area contributed by atoms with Crippen molar-refractivity contribution in [3.05, 3.63) is 29.3 Å². The summed E-state index contributed by atoms with van der Waals surface area (Å²) in [6.45, 7) is 1.35. The average Bonchev–Trinajstić information content (AvgIpc) is 2.34. The maximum Gasteiger partial charge on any atom is 0.185 e. The van der Waals surface area contributed by atoms with E-state index >= 15 is 0 Å². The predicted molar refractivity (Wildman–Crippen MR) is 67.6 cm³/mol. The molecule has 0 radical (unpaired) electrons. The molecule has 1 aromatic rings. The van der Waals surface area contributed by atoms with Gasteiger partial charge in [0, 0.05) is 23.8 Å². The van der Waals surface area contributed by atoms with E-state index < -0.39 is 12.2 Å². The molecule has 2 unspecified atom stereocenters. The number of aliphatic hydroxyl groups is 2. The fraction of sp³-hybridized carbons (Fsp3) is 0.333. The topological polar surface area (TPSA) is 94.8 Å². The molecule has 0 saturated heterocycles. The van der Waals surface area contributed by atoms with Crippen LogP contribution in [-0.4, -0.2) is 38.6 Å². The highest BCUT2D eigenvalue weighted by molar-refractivity contribution is 8.13. The molecule has 0 spiro atoms. The summed E-state index contributed by atoms with van der Waals surface area (Å²) in [7, 11) is 0. The number of carbonyl (C=O) groups is 2. The summed E-state index contributed by atoms with van der Waals surface area (Å²) < 4.78 is 0. The van der Waals surface area contributed by atoms with Gasteiger partial charge in [-0.05, 0) is 6.07 Å². The first-order valence-corrected chi connectivity index (χ1v) is 6.22. The second-order valence-corrected chi connectivity index (χ2v) is 4.91. The van der Waals surface area contributed by atoms with Gasteiger partial charge in [-0.15, -0.1) is 0 Å². The minimum absolute atomic E-state index is 0.0108. The molecule has 0 aliphatic rings. The van der Waals surface area contributed by atoms with E-state index in [4.69, 9.17) is 0 Å². The van der Waals surface area contributed by atoms with Crippen molar-refractivity contribution in [1.82, 2.24) is 0 Å². The molecule has 0 heterocycles. The van der Waals surface area contributed by atoms with E-state index in [0.717, 1.165) is 11.8 Å². The predicted octanol–water partition coefficient (Wildman–Crippen LogP) is 0.879. The highest BCUT2D eigenvalue weighted by Gasteiger charge is 2.24. The van der Waals surface area contributed by atoms with Gasteiger partial charge in [0.15, 0.2) is 11.4 Å². The van der Waals surface area contributed by atoms with E-state index in [2.05, 4.69) is 0 Å². The molecule has 2 atom stereocenters. The molecule has 0 fully saturated rings. The van der Waals surface area contributed by atoms with Crippen molar-refractivity contribution in [3.63, 3.8) is 0 Å². The second kappa shape index (κ2) is 6.53. The molecule has 0 aliphatic heterocycles. The number of aliphatic hydroxyl groups excluding tert-OH is 2. The molecule has 0 saturated carbocycles. The standard InChI is InChI=1S/C12H14O5S/c1-7(14)18-6-10(16)12(17)11-8(5-13)3-2-4-9(11)15/h2-5,10,12,15-17H,6H2,1H3. The number of hydrogen-bond donors (Lipinski definition) is 3. The monoisotopic (exact) mass is 270 g/mol. The van der Waals surface area contributed by atoms with E-state index in [9.17, 15) is 24.9 Å². The Morgan fingerprint density at radius 1 is 1.44 bits per heavy atom. The number of benzene rings is 1. The summed E-state index contributed by atoms with van der Waals surface area (Å²) in [4.78, 5) is 21.6. The number of phenolic OH excluding ortho intramolecular Hbond substituents is 1. The Kier molecular flexibility index (Phi) is 5.33. The molecule has 3 N–H and O–H groups in total. The van der Waals surface area contributed by atoms with E-state index in [-0.39, 0.29) is 27.7 Å². The number of aldehydes is 1. The Morgan fingerprint density at radius 3 is 2.67 bits per heavy atom. The highest BCUT2D eigenvalue weighted by atomic mass is 32.2. The van der Waals surface area contributed by atoms with Crippen LogP contribution in [0.15, 0.2) is 18.2 Å². The van der Waals surface area contributed by atoms with E-state index in [1.807, 2.05) is 0 Å². The lowest BCUT2D eigenvalue weighted by Crippen LogP contribution is -2.22. The van der Waals surface area contributed by atoms with Crippen molar-refractivity contribution in [3.8, 4) is 5.75 Å². The molecule has 1 rings (SSSR count). The smallest absolute Gasteiger partial charge is 0.185 e. The van der Waals surface area contributed by atoms with Crippen LogP contribution in [0.1, 0.15) is 28.9 Å². The lowest BCUT2D eigenvalue weighted by molar-refractivity contribution is -0.109. The molecule has 0 bridgehead atoms. The van der Waals surface area contributed by atoms with E-state index in [1.165, 1.54) is 25.1 Å². The van der Waals surface area contributed by atoms with E-state index in [1.54, 1.807) is 0 Å². The van der Waals surface area contributed by atoms with Crippen molar-refractivity contribution in [2.45, 2.75) is 19.1 Å². The maximum absolute atomic E-state index is 10.8. The van der Waals surface area contributed by atoms with Gasteiger partial charge in [0.1, 0.15) is 11.9 Å². The van der Waals surface area contributed by atoms with Crippen LogP contribution < -0.4 is 0 Å². The van der Waals surface area contributed by atoms with Gasteiger partial charge in [0.25, 0.3) is 0 Å². The fourth-order valence-corrected chi connectivity index (χ4v) is 2.07. The lowest BCUT2D eigenvalue weighted by atomic mass is 9.99. The number of hydrogen-bond acceptors (Lipinski definition) is 6. The van der Waals surface area contributed by atoms with Gasteiger partial charge < -0.3 is 15.3 Å². The molecular formula is C12H14O5S. The van der Waals surface area contributed by atoms with Crippen LogP contribution in [0.3, 0.4) is 0 Å². The summed E-state index contributed by atoms with van der Waals surface area (Å²) >= 11 is 0.863. The van der Waals surface area contributed by atoms with Crippen LogP contribution in [0.25, 0.3) is 0 Å².